The fraction of sp³-hybridized carbons (Fsp3) is 0.231. The van der Waals surface area contributed by atoms with Gasteiger partial charge in [0.2, 0.25) is 5.91 Å². The molecule has 1 amide bonds. The maximum atomic E-state index is 12.9. The molecular formula is C26H22F3N3O4. The Bertz CT molecular complexity index is 1370. The predicted molar refractivity (Wildman–Crippen MR) is 125 cm³/mol. The fourth-order valence-corrected chi connectivity index (χ4v) is 4.19. The van der Waals surface area contributed by atoms with E-state index in [0.717, 1.165) is 17.9 Å². The molecule has 1 aliphatic heterocycles. The number of amides is 1. The van der Waals surface area contributed by atoms with Gasteiger partial charge in [-0.3, -0.25) is 9.78 Å². The summed E-state index contributed by atoms with van der Waals surface area (Å²) in [4.78, 5) is 22.9. The molecule has 7 nitrogen and oxygen atoms in total. The maximum absolute atomic E-state index is 12.9. The number of hydrogen-bond acceptors (Lipinski definition) is 6. The quantitative estimate of drug-likeness (QED) is 0.376. The van der Waals surface area contributed by atoms with Crippen molar-refractivity contribution in [3.63, 3.8) is 0 Å². The molecule has 0 radical (unpaired) electrons. The maximum Gasteiger partial charge on any atom is 0.416 e. The van der Waals surface area contributed by atoms with E-state index in [1.807, 2.05) is 24.3 Å². The number of furan rings is 1. The van der Waals surface area contributed by atoms with Crippen LogP contribution in [0.1, 0.15) is 24.0 Å². The van der Waals surface area contributed by atoms with Crippen LogP contribution in [0.15, 0.2) is 71.3 Å². The number of carbonyl (C=O) groups excluding carboxylic acids is 1. The van der Waals surface area contributed by atoms with Crippen LogP contribution in [-0.4, -0.2) is 33.6 Å². The Balaban J connectivity index is 1.24. The third-order valence-corrected chi connectivity index (χ3v) is 6.01. The van der Waals surface area contributed by atoms with Gasteiger partial charge in [0.15, 0.2) is 0 Å². The molecule has 0 aliphatic carbocycles. The van der Waals surface area contributed by atoms with Gasteiger partial charge in [-0.2, -0.15) is 13.2 Å². The van der Waals surface area contributed by atoms with Gasteiger partial charge in [0.1, 0.15) is 17.4 Å². The Morgan fingerprint density at radius 3 is 2.78 bits per heavy atom. The van der Waals surface area contributed by atoms with E-state index in [1.54, 1.807) is 23.3 Å². The highest BCUT2D eigenvalue weighted by molar-refractivity contribution is 5.82. The molecule has 1 saturated heterocycles. The third kappa shape index (κ3) is 4.99. The molecule has 1 atom stereocenters. The molecular weight excluding hydrogens is 475 g/mol. The molecule has 0 spiro atoms. The molecule has 2 aromatic carbocycles. The molecule has 5 rings (SSSR count). The van der Waals surface area contributed by atoms with Gasteiger partial charge < -0.3 is 19.7 Å². The lowest BCUT2D eigenvalue weighted by Crippen LogP contribution is -2.44. The van der Waals surface area contributed by atoms with Gasteiger partial charge in [0, 0.05) is 36.3 Å². The van der Waals surface area contributed by atoms with E-state index in [-0.39, 0.29) is 18.0 Å². The molecule has 3 heterocycles. The number of hydrogen-bond donors (Lipinski definition) is 2. The van der Waals surface area contributed by atoms with E-state index < -0.39 is 23.5 Å². The van der Waals surface area contributed by atoms with Crippen LogP contribution in [0.5, 0.6) is 11.7 Å². The van der Waals surface area contributed by atoms with Crippen LogP contribution in [0.2, 0.25) is 0 Å². The van der Waals surface area contributed by atoms with Crippen LogP contribution in [0, 0.1) is 0 Å². The molecule has 1 fully saturated rings. The summed E-state index contributed by atoms with van der Waals surface area (Å²) in [6.07, 6.45) is -1.68. The Morgan fingerprint density at radius 1 is 1.17 bits per heavy atom. The largest absolute Gasteiger partial charge is 0.507 e. The Hall–Kier alpha value is -4.05. The summed E-state index contributed by atoms with van der Waals surface area (Å²) in [5, 5.41) is 15.5. The molecule has 0 bridgehead atoms. The zero-order chi connectivity index (χ0) is 25.3. The zero-order valence-corrected chi connectivity index (χ0v) is 19.0. The molecule has 186 valence electrons. The van der Waals surface area contributed by atoms with Gasteiger partial charge in [0.05, 0.1) is 11.3 Å². The monoisotopic (exact) mass is 497 g/mol. The van der Waals surface area contributed by atoms with Crippen LogP contribution in [0.4, 0.5) is 13.2 Å². The first-order chi connectivity index (χ1) is 17.3. The normalized spacial score (nSPS) is 16.4. The lowest BCUT2D eigenvalue weighted by Gasteiger charge is -2.22. The first kappa shape index (κ1) is 23.7. The second-order valence-electron chi connectivity index (χ2n) is 8.49. The minimum absolute atomic E-state index is 0.164. The van der Waals surface area contributed by atoms with Crippen molar-refractivity contribution in [3.05, 3.63) is 78.0 Å². The van der Waals surface area contributed by atoms with Crippen LogP contribution in [0.25, 0.3) is 22.2 Å². The van der Waals surface area contributed by atoms with E-state index in [9.17, 15) is 23.1 Å². The van der Waals surface area contributed by atoms with Crippen LogP contribution in [-0.2, 0) is 17.5 Å². The summed E-state index contributed by atoms with van der Waals surface area (Å²) >= 11 is 0. The minimum Gasteiger partial charge on any atom is -0.507 e. The molecule has 10 heteroatoms. The first-order valence-electron chi connectivity index (χ1n) is 11.3. The average molecular weight is 497 g/mol. The number of para-hydroxylation sites is 1. The number of pyridine rings is 1. The van der Waals surface area contributed by atoms with Gasteiger partial charge in [-0.05, 0) is 54.8 Å². The average Bonchev–Trinajstić information content (AvgIpc) is 3.48. The zero-order valence-electron chi connectivity index (χ0n) is 19.0. The van der Waals surface area contributed by atoms with Gasteiger partial charge in [-0.25, -0.2) is 0 Å². The van der Waals surface area contributed by atoms with Crippen molar-refractivity contribution in [3.8, 4) is 23.0 Å². The van der Waals surface area contributed by atoms with E-state index in [0.29, 0.717) is 41.8 Å². The van der Waals surface area contributed by atoms with Crippen molar-refractivity contribution in [2.24, 2.45) is 0 Å². The van der Waals surface area contributed by atoms with Crippen molar-refractivity contribution in [2.75, 3.05) is 6.54 Å². The van der Waals surface area contributed by atoms with Gasteiger partial charge in [-0.1, -0.05) is 18.2 Å². The summed E-state index contributed by atoms with van der Waals surface area (Å²) in [6, 6.07) is 14.8. The van der Waals surface area contributed by atoms with Crippen molar-refractivity contribution in [1.82, 2.24) is 15.4 Å². The number of aromatic nitrogens is 1. The van der Waals surface area contributed by atoms with Crippen LogP contribution >= 0.6 is 0 Å². The molecule has 2 aromatic heterocycles. The number of hydroxylamine groups is 2. The highest BCUT2D eigenvalue weighted by Crippen LogP contribution is 2.36. The molecule has 0 saturated carbocycles. The van der Waals surface area contributed by atoms with E-state index >= 15 is 0 Å². The summed E-state index contributed by atoms with van der Waals surface area (Å²) in [5.41, 5.74) is 0.884. The smallest absolute Gasteiger partial charge is 0.416 e. The molecule has 4 aromatic rings. The number of alkyl halides is 3. The fourth-order valence-electron chi connectivity index (χ4n) is 4.19. The number of fused-ring (bicyclic) bond motifs is 1. The van der Waals surface area contributed by atoms with Crippen molar-refractivity contribution < 1.29 is 32.3 Å². The van der Waals surface area contributed by atoms with Gasteiger partial charge in [-0.15, -0.1) is 5.06 Å². The minimum atomic E-state index is -4.56. The molecule has 36 heavy (non-hydrogen) atoms. The SMILES string of the molecule is O=C(NCc1ccnc(-c2ccc(C(F)(F)F)cc2O)c1)C1CCCN1Oc1cc2ccccc2o1. The highest BCUT2D eigenvalue weighted by atomic mass is 19.4. The third-order valence-electron chi connectivity index (χ3n) is 6.01. The summed E-state index contributed by atoms with van der Waals surface area (Å²) < 4.78 is 44.3. The number of nitrogens with zero attached hydrogens (tertiary/aromatic N) is 2. The number of nitrogens with one attached hydrogen (secondary N) is 1. The number of carbonyl (C=O) groups is 1. The van der Waals surface area contributed by atoms with Gasteiger partial charge in [0.25, 0.3) is 0 Å². The van der Waals surface area contributed by atoms with Crippen molar-refractivity contribution in [2.45, 2.75) is 31.6 Å². The number of phenols is 1. The summed E-state index contributed by atoms with van der Waals surface area (Å²) in [7, 11) is 0. The van der Waals surface area contributed by atoms with Crippen molar-refractivity contribution >= 4 is 16.9 Å². The second kappa shape index (κ2) is 9.54. The number of halogens is 3. The standard InChI is InChI=1S/C26H22F3N3O4/c27-26(28,29)18-7-8-19(22(33)14-18)20-12-16(9-10-30-20)15-31-25(34)21-5-3-11-32(21)36-24-13-17-4-1-2-6-23(17)35-24/h1-2,4,6-10,12-14,21,33H,3,5,11,15H2,(H,31,34). The number of rotatable bonds is 6. The van der Waals surface area contributed by atoms with E-state index in [4.69, 9.17) is 9.25 Å². The summed E-state index contributed by atoms with van der Waals surface area (Å²) in [5.74, 6) is -0.437. The molecule has 1 aliphatic rings. The van der Waals surface area contributed by atoms with Crippen LogP contribution in [0.3, 0.4) is 0 Å². The lowest BCUT2D eigenvalue weighted by atomic mass is 10.0. The Morgan fingerprint density at radius 2 is 2.00 bits per heavy atom. The molecule has 1 unspecified atom stereocenters. The Labute approximate surface area is 204 Å². The number of phenolic OH excluding ortho intramolecular Hbond substituents is 1. The van der Waals surface area contributed by atoms with Crippen molar-refractivity contribution in [1.29, 1.82) is 0 Å². The second-order valence-corrected chi connectivity index (χ2v) is 8.49. The Kier molecular flexibility index (Phi) is 6.27. The molecule has 2 N–H and O–H groups in total. The summed E-state index contributed by atoms with van der Waals surface area (Å²) in [6.45, 7) is 0.743. The predicted octanol–water partition coefficient (Wildman–Crippen LogP) is 5.29. The topological polar surface area (TPSA) is 87.8 Å². The van der Waals surface area contributed by atoms with E-state index in [2.05, 4.69) is 10.3 Å². The number of aromatic hydroxyl groups is 1. The highest BCUT2D eigenvalue weighted by Gasteiger charge is 2.33. The van der Waals surface area contributed by atoms with Gasteiger partial charge >= 0.3 is 12.1 Å². The van der Waals surface area contributed by atoms with Crippen LogP contribution < -0.4 is 10.2 Å². The lowest BCUT2D eigenvalue weighted by molar-refractivity contribution is -0.141. The first-order valence-corrected chi connectivity index (χ1v) is 11.3. The van der Waals surface area contributed by atoms with E-state index in [1.165, 1.54) is 12.3 Å². The number of benzene rings is 2.